The van der Waals surface area contributed by atoms with Crippen LogP contribution >= 0.6 is 0 Å². The van der Waals surface area contributed by atoms with Crippen LogP contribution in [0.5, 0.6) is 0 Å². The number of fused-ring (bicyclic) bond motifs is 1. The molecule has 0 aliphatic carbocycles. The van der Waals surface area contributed by atoms with Crippen LogP contribution in [0.25, 0.3) is 33.3 Å². The van der Waals surface area contributed by atoms with Crippen molar-refractivity contribution in [1.29, 1.82) is 5.26 Å². The van der Waals surface area contributed by atoms with Gasteiger partial charge in [-0.15, -0.1) is 0 Å². The molecule has 4 heterocycles. The van der Waals surface area contributed by atoms with Crippen molar-refractivity contribution < 1.29 is 4.79 Å². The number of carbonyl (C=O) groups is 1. The highest BCUT2D eigenvalue weighted by Gasteiger charge is 2.20. The predicted octanol–water partition coefficient (Wildman–Crippen LogP) is 5.40. The number of hydrogen-bond acceptors (Lipinski definition) is 8. The fourth-order valence-electron chi connectivity index (χ4n) is 5.44. The lowest BCUT2D eigenvalue weighted by atomic mass is 9.97. The number of piperidine rings is 1. The van der Waals surface area contributed by atoms with E-state index in [0.29, 0.717) is 17.6 Å². The van der Waals surface area contributed by atoms with Gasteiger partial charge >= 0.3 is 0 Å². The molecule has 0 spiro atoms. The summed E-state index contributed by atoms with van der Waals surface area (Å²) in [5.74, 6) is 0.752. The molecule has 1 aliphatic heterocycles. The molecule has 3 aromatic heterocycles. The molecule has 43 heavy (non-hydrogen) atoms. The average Bonchev–Trinajstić information content (AvgIpc) is 3.05. The molecule has 1 fully saturated rings. The topological polar surface area (TPSA) is 111 Å². The number of nitriles is 1. The van der Waals surface area contributed by atoms with Crippen LogP contribution in [0, 0.1) is 11.3 Å². The summed E-state index contributed by atoms with van der Waals surface area (Å²) in [6.07, 6.45) is 5.30. The van der Waals surface area contributed by atoms with Gasteiger partial charge < -0.3 is 10.2 Å². The number of aromatic nitrogens is 4. The summed E-state index contributed by atoms with van der Waals surface area (Å²) in [7, 11) is 3.45. The van der Waals surface area contributed by atoms with Crippen LogP contribution in [0.4, 0.5) is 5.82 Å². The van der Waals surface area contributed by atoms with Crippen molar-refractivity contribution in [2.45, 2.75) is 25.4 Å². The van der Waals surface area contributed by atoms with Crippen LogP contribution in [0.2, 0.25) is 0 Å². The summed E-state index contributed by atoms with van der Waals surface area (Å²) in [5, 5.41) is 13.4. The van der Waals surface area contributed by atoms with Gasteiger partial charge in [0.2, 0.25) is 5.82 Å². The molecule has 6 rings (SSSR count). The van der Waals surface area contributed by atoms with E-state index in [2.05, 4.69) is 67.6 Å². The minimum absolute atomic E-state index is 0.136. The Balaban J connectivity index is 1.19. The van der Waals surface area contributed by atoms with E-state index in [9.17, 15) is 4.79 Å². The second kappa shape index (κ2) is 12.3. The Morgan fingerprint density at radius 2 is 1.74 bits per heavy atom. The molecule has 1 N–H and O–H groups in total. The number of hydrogen-bond donors (Lipinski definition) is 1. The zero-order chi connectivity index (χ0) is 29.8. The summed E-state index contributed by atoms with van der Waals surface area (Å²) < 4.78 is 0. The number of pyridine rings is 2. The summed E-state index contributed by atoms with van der Waals surface area (Å²) in [5.41, 5.74) is 6.39. The number of likely N-dealkylation sites (tertiary alicyclic amines) is 1. The zero-order valence-electron chi connectivity index (χ0n) is 24.2. The first-order chi connectivity index (χ1) is 21.0. The van der Waals surface area contributed by atoms with E-state index < -0.39 is 0 Å². The normalized spacial score (nSPS) is 13.9. The SMILES string of the molecule is CN(C)C(=O)c1cc2cc(-c3ccccc3)c(-c3ccc(CN4CCC(Nc5ccnc(C#N)n5)CC4)cc3)nc2cn1. The van der Waals surface area contributed by atoms with Gasteiger partial charge in [-0.2, -0.15) is 5.26 Å². The first-order valence-corrected chi connectivity index (χ1v) is 14.4. The fraction of sp³-hybridized carbons (Fsp3) is 0.235. The minimum Gasteiger partial charge on any atom is -0.367 e. The van der Waals surface area contributed by atoms with Crippen molar-refractivity contribution in [2.75, 3.05) is 32.5 Å². The van der Waals surface area contributed by atoms with Gasteiger partial charge in [-0.05, 0) is 42.2 Å². The van der Waals surface area contributed by atoms with Crippen molar-refractivity contribution >= 4 is 22.6 Å². The molecule has 0 saturated carbocycles. The smallest absolute Gasteiger partial charge is 0.271 e. The van der Waals surface area contributed by atoms with E-state index in [1.807, 2.05) is 36.4 Å². The third kappa shape index (κ3) is 6.35. The number of nitrogens with zero attached hydrogens (tertiary/aromatic N) is 7. The lowest BCUT2D eigenvalue weighted by Crippen LogP contribution is -2.38. The Labute approximate surface area is 250 Å². The van der Waals surface area contributed by atoms with E-state index in [-0.39, 0.29) is 11.7 Å². The lowest BCUT2D eigenvalue weighted by molar-refractivity contribution is 0.0822. The van der Waals surface area contributed by atoms with Gasteiger partial charge in [0.15, 0.2) is 0 Å². The number of rotatable bonds is 7. The number of amides is 1. The summed E-state index contributed by atoms with van der Waals surface area (Å²) >= 11 is 0. The second-order valence-electron chi connectivity index (χ2n) is 11.0. The monoisotopic (exact) mass is 568 g/mol. The van der Waals surface area contributed by atoms with Gasteiger partial charge in [0, 0.05) is 62.5 Å². The predicted molar refractivity (Wildman–Crippen MR) is 167 cm³/mol. The molecule has 9 nitrogen and oxygen atoms in total. The molecule has 0 unspecified atom stereocenters. The van der Waals surface area contributed by atoms with Crippen molar-refractivity contribution in [2.24, 2.45) is 0 Å². The third-order valence-electron chi connectivity index (χ3n) is 7.74. The highest BCUT2D eigenvalue weighted by Crippen LogP contribution is 2.34. The summed E-state index contributed by atoms with van der Waals surface area (Å²) in [6.45, 7) is 2.83. The van der Waals surface area contributed by atoms with E-state index in [4.69, 9.17) is 10.2 Å². The first-order valence-electron chi connectivity index (χ1n) is 14.4. The van der Waals surface area contributed by atoms with Gasteiger partial charge in [-0.25, -0.2) is 19.9 Å². The van der Waals surface area contributed by atoms with Crippen molar-refractivity contribution in [3.05, 3.63) is 102 Å². The summed E-state index contributed by atoms with van der Waals surface area (Å²) in [4.78, 5) is 34.2. The lowest BCUT2D eigenvalue weighted by Gasteiger charge is -2.32. The molecule has 1 amide bonds. The van der Waals surface area contributed by atoms with E-state index in [0.717, 1.165) is 65.8 Å². The molecular formula is C34H32N8O. The number of benzene rings is 2. The molecular weight excluding hydrogens is 536 g/mol. The van der Waals surface area contributed by atoms with Crippen LogP contribution in [0.1, 0.15) is 34.7 Å². The molecule has 0 bridgehead atoms. The number of carbonyl (C=O) groups excluding carboxylic acids is 1. The van der Waals surface area contributed by atoms with Crippen LogP contribution in [0.15, 0.2) is 85.2 Å². The summed E-state index contributed by atoms with van der Waals surface area (Å²) in [6, 6.07) is 26.9. The molecule has 9 heteroatoms. The van der Waals surface area contributed by atoms with Crippen molar-refractivity contribution in [1.82, 2.24) is 29.7 Å². The zero-order valence-corrected chi connectivity index (χ0v) is 24.2. The molecule has 5 aromatic rings. The molecule has 0 atom stereocenters. The molecule has 1 aliphatic rings. The minimum atomic E-state index is -0.136. The Kier molecular flexibility index (Phi) is 8.03. The van der Waals surface area contributed by atoms with Crippen molar-refractivity contribution in [3.8, 4) is 28.5 Å². The largest absolute Gasteiger partial charge is 0.367 e. The fourth-order valence-corrected chi connectivity index (χ4v) is 5.44. The Morgan fingerprint density at radius 1 is 0.977 bits per heavy atom. The van der Waals surface area contributed by atoms with E-state index in [1.165, 1.54) is 10.5 Å². The highest BCUT2D eigenvalue weighted by atomic mass is 16.2. The quantitative estimate of drug-likeness (QED) is 0.278. The van der Waals surface area contributed by atoms with Gasteiger partial charge in [0.05, 0.1) is 17.4 Å². The molecule has 0 radical (unpaired) electrons. The standard InChI is InChI=1S/C34H32N8O/c1-41(2)34(43)29-19-26-18-28(24-6-4-3-5-7-24)33(39-30(26)21-37-29)25-10-8-23(9-11-25)22-42-16-13-27(14-17-42)38-31-12-15-36-32(20-35)40-31/h3-12,15,18-19,21,27H,13-14,16-17,22H2,1-2H3,(H,36,38,40). The Hall–Kier alpha value is -5.20. The maximum atomic E-state index is 12.5. The third-order valence-corrected chi connectivity index (χ3v) is 7.74. The molecule has 214 valence electrons. The van der Waals surface area contributed by atoms with Crippen LogP contribution < -0.4 is 5.32 Å². The van der Waals surface area contributed by atoms with Crippen molar-refractivity contribution in [3.63, 3.8) is 0 Å². The Morgan fingerprint density at radius 3 is 2.47 bits per heavy atom. The molecule has 2 aromatic carbocycles. The number of anilines is 1. The van der Waals surface area contributed by atoms with Crippen LogP contribution in [-0.2, 0) is 6.54 Å². The van der Waals surface area contributed by atoms with Crippen LogP contribution in [-0.4, -0.2) is 68.9 Å². The van der Waals surface area contributed by atoms with E-state index >= 15 is 0 Å². The van der Waals surface area contributed by atoms with Gasteiger partial charge in [0.1, 0.15) is 17.6 Å². The van der Waals surface area contributed by atoms with Gasteiger partial charge in [-0.1, -0.05) is 54.6 Å². The average molecular weight is 569 g/mol. The van der Waals surface area contributed by atoms with Gasteiger partial charge in [0.25, 0.3) is 5.91 Å². The molecule has 1 saturated heterocycles. The first kappa shape index (κ1) is 27.9. The Bertz CT molecular complexity index is 1790. The van der Waals surface area contributed by atoms with Gasteiger partial charge in [-0.3, -0.25) is 9.69 Å². The highest BCUT2D eigenvalue weighted by molar-refractivity contribution is 5.97. The number of nitrogens with one attached hydrogen (secondary N) is 1. The van der Waals surface area contributed by atoms with Crippen LogP contribution in [0.3, 0.4) is 0 Å². The second-order valence-corrected chi connectivity index (χ2v) is 11.0. The van der Waals surface area contributed by atoms with E-state index in [1.54, 1.807) is 26.5 Å². The maximum absolute atomic E-state index is 12.5. The maximum Gasteiger partial charge on any atom is 0.271 e.